The van der Waals surface area contributed by atoms with Crippen molar-refractivity contribution in [3.05, 3.63) is 47.8 Å². The summed E-state index contributed by atoms with van der Waals surface area (Å²) in [6, 6.07) is 5.55. The van der Waals surface area contributed by atoms with Crippen molar-refractivity contribution >= 4 is 5.69 Å². The maximum absolute atomic E-state index is 13.3. The molecule has 1 aromatic carbocycles. The summed E-state index contributed by atoms with van der Waals surface area (Å²) in [5.41, 5.74) is 2.74. The Morgan fingerprint density at radius 3 is 2.72 bits per heavy atom. The lowest BCUT2D eigenvalue weighted by atomic mass is 10.1. The SMILES string of the molecule is Cc1cc(N(Cc2cnc[nH]2)C(C)C)ccc1F. The Hall–Kier alpha value is -1.84. The van der Waals surface area contributed by atoms with E-state index in [0.717, 1.165) is 17.9 Å². The molecule has 0 saturated heterocycles. The third-order valence-corrected chi connectivity index (χ3v) is 2.99. The molecule has 0 radical (unpaired) electrons. The van der Waals surface area contributed by atoms with Gasteiger partial charge in [-0.05, 0) is 44.5 Å². The van der Waals surface area contributed by atoms with E-state index in [-0.39, 0.29) is 5.82 Å². The molecule has 0 amide bonds. The van der Waals surface area contributed by atoms with Crippen LogP contribution in [-0.2, 0) is 6.54 Å². The van der Waals surface area contributed by atoms with Gasteiger partial charge in [-0.15, -0.1) is 0 Å². The Balaban J connectivity index is 2.26. The average molecular weight is 247 g/mol. The maximum Gasteiger partial charge on any atom is 0.126 e. The first-order chi connectivity index (χ1) is 8.58. The number of hydrogen-bond donors (Lipinski definition) is 1. The van der Waals surface area contributed by atoms with Crippen LogP contribution in [0, 0.1) is 12.7 Å². The molecule has 0 saturated carbocycles. The van der Waals surface area contributed by atoms with Gasteiger partial charge in [0.2, 0.25) is 0 Å². The molecule has 0 aliphatic carbocycles. The number of halogens is 1. The van der Waals surface area contributed by atoms with Gasteiger partial charge in [-0.3, -0.25) is 0 Å². The summed E-state index contributed by atoms with van der Waals surface area (Å²) in [7, 11) is 0. The zero-order valence-corrected chi connectivity index (χ0v) is 10.9. The van der Waals surface area contributed by atoms with Crippen LogP contribution in [0.5, 0.6) is 0 Å². The summed E-state index contributed by atoms with van der Waals surface area (Å²) in [5, 5.41) is 0. The second-order valence-corrected chi connectivity index (χ2v) is 4.73. The fourth-order valence-electron chi connectivity index (χ4n) is 1.93. The normalized spacial score (nSPS) is 10.9. The quantitative estimate of drug-likeness (QED) is 0.899. The van der Waals surface area contributed by atoms with Gasteiger partial charge in [-0.25, -0.2) is 9.37 Å². The Kier molecular flexibility index (Phi) is 3.65. The van der Waals surface area contributed by atoms with Gasteiger partial charge in [0.15, 0.2) is 0 Å². The van der Waals surface area contributed by atoms with E-state index < -0.39 is 0 Å². The summed E-state index contributed by atoms with van der Waals surface area (Å²) in [4.78, 5) is 9.32. The number of imidazole rings is 1. The van der Waals surface area contributed by atoms with Crippen LogP contribution in [-0.4, -0.2) is 16.0 Å². The lowest BCUT2D eigenvalue weighted by Gasteiger charge is -2.28. The average Bonchev–Trinajstić information content (AvgIpc) is 2.82. The Labute approximate surface area is 107 Å². The predicted molar refractivity (Wildman–Crippen MR) is 71.0 cm³/mol. The number of rotatable bonds is 4. The van der Waals surface area contributed by atoms with Crippen LogP contribution in [0.4, 0.5) is 10.1 Å². The molecule has 1 aromatic heterocycles. The number of aromatic nitrogens is 2. The predicted octanol–water partition coefficient (Wildman–Crippen LogP) is 3.27. The second kappa shape index (κ2) is 5.21. The summed E-state index contributed by atoms with van der Waals surface area (Å²) in [6.45, 7) is 6.76. The molecule has 4 heteroatoms. The van der Waals surface area contributed by atoms with Crippen molar-refractivity contribution in [3.8, 4) is 0 Å². The van der Waals surface area contributed by atoms with Gasteiger partial charge in [0.05, 0.1) is 18.6 Å². The van der Waals surface area contributed by atoms with Gasteiger partial charge < -0.3 is 9.88 Å². The summed E-state index contributed by atoms with van der Waals surface area (Å²) >= 11 is 0. The minimum atomic E-state index is -0.163. The fraction of sp³-hybridized carbons (Fsp3) is 0.357. The minimum Gasteiger partial charge on any atom is -0.363 e. The van der Waals surface area contributed by atoms with E-state index in [2.05, 4.69) is 28.7 Å². The molecule has 2 rings (SSSR count). The van der Waals surface area contributed by atoms with Crippen molar-refractivity contribution in [2.45, 2.75) is 33.4 Å². The van der Waals surface area contributed by atoms with Crippen molar-refractivity contribution in [1.29, 1.82) is 0 Å². The lowest BCUT2D eigenvalue weighted by molar-refractivity contribution is 0.616. The Morgan fingerprint density at radius 1 is 1.39 bits per heavy atom. The van der Waals surface area contributed by atoms with Crippen molar-refractivity contribution in [2.24, 2.45) is 0 Å². The summed E-state index contributed by atoms with van der Waals surface area (Å²) in [6.07, 6.45) is 3.48. The zero-order chi connectivity index (χ0) is 13.1. The maximum atomic E-state index is 13.3. The van der Waals surface area contributed by atoms with Gasteiger partial charge in [0.25, 0.3) is 0 Å². The molecule has 3 nitrogen and oxygen atoms in total. The molecule has 0 bridgehead atoms. The minimum absolute atomic E-state index is 0.163. The third-order valence-electron chi connectivity index (χ3n) is 2.99. The summed E-state index contributed by atoms with van der Waals surface area (Å²) in [5.74, 6) is -0.163. The largest absolute Gasteiger partial charge is 0.363 e. The van der Waals surface area contributed by atoms with E-state index in [1.807, 2.05) is 18.3 Å². The first-order valence-electron chi connectivity index (χ1n) is 6.08. The summed E-state index contributed by atoms with van der Waals surface area (Å²) < 4.78 is 13.3. The van der Waals surface area contributed by atoms with Crippen molar-refractivity contribution in [3.63, 3.8) is 0 Å². The molecule has 96 valence electrons. The smallest absolute Gasteiger partial charge is 0.126 e. The number of nitrogens with one attached hydrogen (secondary N) is 1. The molecular formula is C14H18FN3. The van der Waals surface area contributed by atoms with Gasteiger partial charge >= 0.3 is 0 Å². The van der Waals surface area contributed by atoms with Crippen LogP contribution in [0.25, 0.3) is 0 Å². The van der Waals surface area contributed by atoms with E-state index in [4.69, 9.17) is 0 Å². The van der Waals surface area contributed by atoms with Gasteiger partial charge in [0, 0.05) is 17.9 Å². The highest BCUT2D eigenvalue weighted by molar-refractivity contribution is 5.49. The zero-order valence-electron chi connectivity index (χ0n) is 10.9. The molecule has 2 aromatic rings. The highest BCUT2D eigenvalue weighted by atomic mass is 19.1. The number of nitrogens with zero attached hydrogens (tertiary/aromatic N) is 2. The number of aryl methyl sites for hydroxylation is 1. The molecule has 0 unspecified atom stereocenters. The molecular weight excluding hydrogens is 229 g/mol. The van der Waals surface area contributed by atoms with E-state index in [0.29, 0.717) is 11.6 Å². The molecule has 0 spiro atoms. The second-order valence-electron chi connectivity index (χ2n) is 4.73. The first kappa shape index (κ1) is 12.6. The van der Waals surface area contributed by atoms with Crippen molar-refractivity contribution in [2.75, 3.05) is 4.90 Å². The van der Waals surface area contributed by atoms with E-state index in [1.54, 1.807) is 13.3 Å². The number of benzene rings is 1. The van der Waals surface area contributed by atoms with E-state index >= 15 is 0 Å². The Morgan fingerprint density at radius 2 is 2.17 bits per heavy atom. The van der Waals surface area contributed by atoms with Gasteiger partial charge in [-0.2, -0.15) is 0 Å². The standard InChI is InChI=1S/C14H18FN3/c1-10(2)18(8-12-7-16-9-17-12)13-4-5-14(15)11(3)6-13/h4-7,9-10H,8H2,1-3H3,(H,16,17). The first-order valence-corrected chi connectivity index (χ1v) is 6.08. The monoisotopic (exact) mass is 247 g/mol. The Bertz CT molecular complexity index is 506. The van der Waals surface area contributed by atoms with Crippen LogP contribution >= 0.6 is 0 Å². The molecule has 18 heavy (non-hydrogen) atoms. The highest BCUT2D eigenvalue weighted by Crippen LogP contribution is 2.22. The highest BCUT2D eigenvalue weighted by Gasteiger charge is 2.13. The van der Waals surface area contributed by atoms with Crippen molar-refractivity contribution < 1.29 is 4.39 Å². The van der Waals surface area contributed by atoms with Crippen LogP contribution in [0.1, 0.15) is 25.1 Å². The molecule has 1 N–H and O–H groups in total. The van der Waals surface area contributed by atoms with Gasteiger partial charge in [0.1, 0.15) is 5.82 Å². The molecule has 0 aliphatic heterocycles. The van der Waals surface area contributed by atoms with Crippen LogP contribution < -0.4 is 4.90 Å². The van der Waals surface area contributed by atoms with Gasteiger partial charge in [-0.1, -0.05) is 0 Å². The van der Waals surface area contributed by atoms with Crippen LogP contribution in [0.2, 0.25) is 0 Å². The number of aromatic amines is 1. The number of H-pyrrole nitrogens is 1. The number of hydrogen-bond acceptors (Lipinski definition) is 2. The third kappa shape index (κ3) is 2.70. The van der Waals surface area contributed by atoms with Crippen LogP contribution in [0.3, 0.4) is 0 Å². The molecule has 0 atom stereocenters. The van der Waals surface area contributed by atoms with Crippen LogP contribution in [0.15, 0.2) is 30.7 Å². The van der Waals surface area contributed by atoms with E-state index in [1.165, 1.54) is 6.07 Å². The number of anilines is 1. The van der Waals surface area contributed by atoms with E-state index in [9.17, 15) is 4.39 Å². The molecule has 0 aliphatic rings. The molecule has 1 heterocycles. The molecule has 0 fully saturated rings. The lowest BCUT2D eigenvalue weighted by Crippen LogP contribution is -2.30. The van der Waals surface area contributed by atoms with Crippen molar-refractivity contribution in [1.82, 2.24) is 9.97 Å². The fourth-order valence-corrected chi connectivity index (χ4v) is 1.93. The topological polar surface area (TPSA) is 31.9 Å².